The monoisotopic (exact) mass is 572 g/mol. The topological polar surface area (TPSA) is 98.2 Å². The summed E-state index contributed by atoms with van der Waals surface area (Å²) in [6.07, 6.45) is 6.33. The van der Waals surface area contributed by atoms with Gasteiger partial charge in [0.25, 0.3) is 5.91 Å². The van der Waals surface area contributed by atoms with Gasteiger partial charge >= 0.3 is 5.69 Å². The van der Waals surface area contributed by atoms with Crippen LogP contribution in [-0.2, 0) is 11.8 Å². The molecule has 7 rings (SSSR count). The van der Waals surface area contributed by atoms with Crippen LogP contribution in [0.3, 0.4) is 0 Å². The Balaban J connectivity index is 1.25. The average Bonchev–Trinajstić information content (AvgIpc) is 3.64. The molecular formula is C34H32N6O3. The van der Waals surface area contributed by atoms with Gasteiger partial charge in [0.2, 0.25) is 0 Å². The number of hydrogen-bond acceptors (Lipinski definition) is 5. The summed E-state index contributed by atoms with van der Waals surface area (Å²) in [5.74, 6) is 0.111. The highest BCUT2D eigenvalue weighted by molar-refractivity contribution is 6.04. The van der Waals surface area contributed by atoms with E-state index in [1.807, 2.05) is 71.7 Å². The number of aliphatic hydroxyl groups is 1. The Morgan fingerprint density at radius 3 is 2.40 bits per heavy atom. The van der Waals surface area contributed by atoms with Gasteiger partial charge < -0.3 is 10.0 Å². The number of carbonyl (C=O) groups is 1. The first-order valence-electron chi connectivity index (χ1n) is 14.6. The van der Waals surface area contributed by atoms with Crippen LogP contribution in [0, 0.1) is 0 Å². The molecule has 43 heavy (non-hydrogen) atoms. The highest BCUT2D eigenvalue weighted by Crippen LogP contribution is 2.32. The number of aromatic nitrogens is 5. The lowest BCUT2D eigenvalue weighted by Gasteiger charge is -2.33. The van der Waals surface area contributed by atoms with E-state index in [1.54, 1.807) is 27.3 Å². The van der Waals surface area contributed by atoms with Crippen LogP contribution in [-0.4, -0.2) is 59.0 Å². The molecule has 4 heterocycles. The van der Waals surface area contributed by atoms with E-state index >= 15 is 0 Å². The quantitative estimate of drug-likeness (QED) is 0.320. The molecule has 0 aliphatic carbocycles. The minimum Gasteiger partial charge on any atom is -0.384 e. The number of piperidine rings is 1. The molecule has 0 saturated carbocycles. The van der Waals surface area contributed by atoms with Crippen LogP contribution in [0.4, 0.5) is 0 Å². The second-order valence-electron chi connectivity index (χ2n) is 11.3. The van der Waals surface area contributed by atoms with Crippen molar-refractivity contribution in [3.05, 3.63) is 107 Å². The molecule has 0 radical (unpaired) electrons. The van der Waals surface area contributed by atoms with Crippen molar-refractivity contribution in [2.45, 2.75) is 31.8 Å². The van der Waals surface area contributed by atoms with Gasteiger partial charge in [0.05, 0.1) is 40.3 Å². The van der Waals surface area contributed by atoms with E-state index < -0.39 is 6.10 Å². The summed E-state index contributed by atoms with van der Waals surface area (Å²) in [5, 5.41) is 15.1. The van der Waals surface area contributed by atoms with Crippen molar-refractivity contribution >= 4 is 27.8 Å². The minimum absolute atomic E-state index is 0.135. The first-order valence-corrected chi connectivity index (χ1v) is 14.6. The van der Waals surface area contributed by atoms with E-state index in [0.717, 1.165) is 57.3 Å². The minimum atomic E-state index is -0.968. The van der Waals surface area contributed by atoms with Crippen molar-refractivity contribution in [2.75, 3.05) is 13.1 Å². The highest BCUT2D eigenvalue weighted by Gasteiger charge is 2.26. The number of benzene rings is 3. The van der Waals surface area contributed by atoms with Crippen LogP contribution in [0.15, 0.2) is 96.2 Å². The summed E-state index contributed by atoms with van der Waals surface area (Å²) in [7, 11) is 1.78. The van der Waals surface area contributed by atoms with Gasteiger partial charge in [-0.2, -0.15) is 5.10 Å². The zero-order valence-electron chi connectivity index (χ0n) is 24.1. The molecule has 1 N–H and O–H groups in total. The van der Waals surface area contributed by atoms with Crippen LogP contribution in [0.5, 0.6) is 0 Å². The first-order chi connectivity index (χ1) is 20.9. The lowest BCUT2D eigenvalue weighted by molar-refractivity contribution is -0.140. The van der Waals surface area contributed by atoms with Crippen LogP contribution in [0.2, 0.25) is 0 Å². The SMILES string of the molecule is C[C@H](O)C(=O)N1CCC(c2ccc(-n3c(=O)n(C)c4cnc5ccc(-c6cnn(-c7ccccc7)c6)cc5c43)cc2)CC1. The van der Waals surface area contributed by atoms with Crippen LogP contribution >= 0.6 is 0 Å². The normalized spacial score (nSPS) is 14.9. The molecule has 9 heteroatoms. The molecule has 1 aliphatic heterocycles. The van der Waals surface area contributed by atoms with Crippen molar-refractivity contribution in [2.24, 2.45) is 7.05 Å². The molecule has 1 fully saturated rings. The molecule has 1 aliphatic rings. The fourth-order valence-corrected chi connectivity index (χ4v) is 6.20. The molecule has 6 aromatic rings. The van der Waals surface area contributed by atoms with E-state index in [-0.39, 0.29) is 11.6 Å². The Morgan fingerprint density at radius 1 is 0.930 bits per heavy atom. The predicted octanol–water partition coefficient (Wildman–Crippen LogP) is 4.82. The standard InChI is InChI=1S/C34H32N6O3/c1-22(41)33(42)38-16-14-24(15-17-38)23-8-11-28(12-9-23)40-32-29-18-25(10-13-30(29)35-20-31(32)37(2)34(40)43)26-19-36-39(21-26)27-6-4-3-5-7-27/h3-13,18-22,24,41H,14-17H2,1-2H3/t22-/m0/s1. The maximum Gasteiger partial charge on any atom is 0.333 e. The highest BCUT2D eigenvalue weighted by atomic mass is 16.3. The van der Waals surface area contributed by atoms with Gasteiger partial charge in [-0.1, -0.05) is 36.4 Å². The van der Waals surface area contributed by atoms with E-state index in [1.165, 1.54) is 12.5 Å². The molecule has 0 spiro atoms. The van der Waals surface area contributed by atoms with Gasteiger partial charge in [-0.15, -0.1) is 0 Å². The molecule has 3 aromatic heterocycles. The summed E-state index contributed by atoms with van der Waals surface area (Å²) in [4.78, 5) is 32.2. The Morgan fingerprint density at radius 2 is 1.67 bits per heavy atom. The summed E-state index contributed by atoms with van der Waals surface area (Å²) < 4.78 is 5.27. The second kappa shape index (κ2) is 10.7. The van der Waals surface area contributed by atoms with Crippen molar-refractivity contribution in [3.8, 4) is 22.5 Å². The van der Waals surface area contributed by atoms with E-state index in [4.69, 9.17) is 0 Å². The summed E-state index contributed by atoms with van der Waals surface area (Å²) in [5.41, 5.74) is 7.16. The molecule has 1 amide bonds. The number of para-hydroxylation sites is 1. The molecule has 9 nitrogen and oxygen atoms in total. The van der Waals surface area contributed by atoms with Crippen molar-refractivity contribution in [3.63, 3.8) is 0 Å². The molecule has 1 atom stereocenters. The fourth-order valence-electron chi connectivity index (χ4n) is 6.20. The first kappa shape index (κ1) is 26.9. The fraction of sp³-hybridized carbons (Fsp3) is 0.235. The molecule has 3 aromatic carbocycles. The number of hydrogen-bond donors (Lipinski definition) is 1. The van der Waals surface area contributed by atoms with E-state index in [0.29, 0.717) is 19.0 Å². The molecule has 1 saturated heterocycles. The third-order valence-corrected chi connectivity index (χ3v) is 8.61. The zero-order chi connectivity index (χ0) is 29.7. The Bertz CT molecular complexity index is 2010. The average molecular weight is 573 g/mol. The Kier molecular flexibility index (Phi) is 6.66. The number of amides is 1. The van der Waals surface area contributed by atoms with Gasteiger partial charge in [-0.25, -0.2) is 9.48 Å². The van der Waals surface area contributed by atoms with E-state index in [9.17, 15) is 14.7 Å². The number of carbonyl (C=O) groups excluding carboxylic acids is 1. The largest absolute Gasteiger partial charge is 0.384 e. The van der Waals surface area contributed by atoms with E-state index in [2.05, 4.69) is 28.3 Å². The molecule has 0 unspecified atom stereocenters. The third kappa shape index (κ3) is 4.71. The Labute approximate surface area is 248 Å². The van der Waals surface area contributed by atoms with Gasteiger partial charge in [0, 0.05) is 37.3 Å². The number of fused-ring (bicyclic) bond motifs is 3. The number of likely N-dealkylation sites (tertiary alicyclic amines) is 1. The van der Waals surface area contributed by atoms with Crippen LogP contribution in [0.1, 0.15) is 31.2 Å². The number of pyridine rings is 1. The summed E-state index contributed by atoms with van der Waals surface area (Å²) in [6, 6.07) is 24.3. The Hall–Kier alpha value is -5.02. The van der Waals surface area contributed by atoms with Gasteiger partial charge in [-0.3, -0.25) is 18.9 Å². The van der Waals surface area contributed by atoms with Gasteiger partial charge in [0.1, 0.15) is 6.10 Å². The summed E-state index contributed by atoms with van der Waals surface area (Å²) in [6.45, 7) is 2.77. The van der Waals surface area contributed by atoms with Crippen molar-refractivity contribution in [1.82, 2.24) is 28.8 Å². The van der Waals surface area contributed by atoms with Crippen LogP contribution < -0.4 is 5.69 Å². The van der Waals surface area contributed by atoms with Crippen molar-refractivity contribution < 1.29 is 9.90 Å². The lowest BCUT2D eigenvalue weighted by Crippen LogP contribution is -2.42. The molecule has 0 bridgehead atoms. The maximum absolute atomic E-state index is 13.6. The number of aliphatic hydroxyl groups excluding tert-OH is 1. The predicted molar refractivity (Wildman–Crippen MR) is 167 cm³/mol. The number of imidazole rings is 1. The second-order valence-corrected chi connectivity index (χ2v) is 11.3. The third-order valence-electron chi connectivity index (χ3n) is 8.61. The maximum atomic E-state index is 13.6. The van der Waals surface area contributed by atoms with Crippen LogP contribution in [0.25, 0.3) is 44.4 Å². The molecular weight excluding hydrogens is 540 g/mol. The van der Waals surface area contributed by atoms with Crippen molar-refractivity contribution in [1.29, 1.82) is 0 Å². The smallest absolute Gasteiger partial charge is 0.333 e. The number of nitrogens with zero attached hydrogens (tertiary/aromatic N) is 6. The molecule has 216 valence electrons. The lowest BCUT2D eigenvalue weighted by atomic mass is 9.89. The number of aryl methyl sites for hydroxylation is 1. The summed E-state index contributed by atoms with van der Waals surface area (Å²) >= 11 is 0. The van der Waals surface area contributed by atoms with Gasteiger partial charge in [-0.05, 0) is 73.2 Å². The van der Waals surface area contributed by atoms with Gasteiger partial charge in [0.15, 0.2) is 0 Å². The zero-order valence-corrected chi connectivity index (χ0v) is 24.1. The number of rotatable bonds is 5.